The minimum absolute atomic E-state index is 0.512. The highest BCUT2D eigenvalue weighted by Gasteiger charge is 2.36. The smallest absolute Gasteiger partial charge is 0.206 e. The van der Waals surface area contributed by atoms with E-state index in [-0.39, 0.29) is 0 Å². The van der Waals surface area contributed by atoms with Crippen molar-refractivity contribution < 1.29 is 17.6 Å². The fourth-order valence-corrected chi connectivity index (χ4v) is 1.07. The third-order valence-corrected chi connectivity index (χ3v) is 1.60. The molecule has 0 fully saturated rings. The second kappa shape index (κ2) is 2.90. The van der Waals surface area contributed by atoms with Crippen LogP contribution in [0.25, 0.3) is 0 Å². The van der Waals surface area contributed by atoms with Crippen molar-refractivity contribution in [3.8, 4) is 0 Å². The van der Waals surface area contributed by atoms with E-state index in [2.05, 4.69) is 12.6 Å². The van der Waals surface area contributed by atoms with Crippen LogP contribution in [0.3, 0.4) is 0 Å². The first-order chi connectivity index (χ1) is 5.43. The van der Waals surface area contributed by atoms with Gasteiger partial charge in [-0.05, 0) is 12.1 Å². The maximum Gasteiger partial charge on any atom is 0.420 e. The Hall–Kier alpha value is -0.840. The number of alkyl halides is 3. The minimum atomic E-state index is -4.71. The van der Waals surface area contributed by atoms with Crippen LogP contribution in [0.15, 0.2) is 23.1 Å². The Morgan fingerprint density at radius 1 is 1.17 bits per heavy atom. The van der Waals surface area contributed by atoms with E-state index < -0.39 is 22.5 Å². The Labute approximate surface area is 71.6 Å². The zero-order valence-corrected chi connectivity index (χ0v) is 6.47. The maximum atomic E-state index is 12.6. The molecule has 0 N–H and O–H groups in total. The minimum Gasteiger partial charge on any atom is -0.206 e. The average molecular weight is 195 g/mol. The van der Waals surface area contributed by atoms with Gasteiger partial charge in [-0.25, -0.2) is 4.39 Å². The summed E-state index contributed by atoms with van der Waals surface area (Å²) in [4.78, 5) is -0.512. The van der Waals surface area contributed by atoms with Crippen LogP contribution in [0.2, 0.25) is 0 Å². The van der Waals surface area contributed by atoms with Gasteiger partial charge >= 0.3 is 6.18 Å². The molecule has 0 spiro atoms. The van der Waals surface area contributed by atoms with Crippen LogP contribution in [-0.4, -0.2) is 0 Å². The highest BCUT2D eigenvalue weighted by molar-refractivity contribution is 7.80. The second-order valence-electron chi connectivity index (χ2n) is 2.11. The molecule has 0 saturated carbocycles. The van der Waals surface area contributed by atoms with E-state index in [0.29, 0.717) is 0 Å². The lowest BCUT2D eigenvalue weighted by Crippen LogP contribution is -2.08. The SMILES string of the molecule is Fc1cccc([S])c1C(F)(F)F. The second-order valence-corrected chi connectivity index (χ2v) is 2.55. The van der Waals surface area contributed by atoms with Gasteiger partial charge in [0.1, 0.15) is 11.4 Å². The van der Waals surface area contributed by atoms with E-state index >= 15 is 0 Å². The summed E-state index contributed by atoms with van der Waals surface area (Å²) >= 11 is 4.33. The van der Waals surface area contributed by atoms with E-state index in [9.17, 15) is 17.6 Å². The van der Waals surface area contributed by atoms with E-state index in [1.54, 1.807) is 0 Å². The molecule has 0 unspecified atom stereocenters. The van der Waals surface area contributed by atoms with Gasteiger partial charge < -0.3 is 0 Å². The molecule has 0 saturated heterocycles. The normalized spacial score (nSPS) is 11.7. The Bertz CT molecular complexity index is 272. The van der Waals surface area contributed by atoms with Crippen LogP contribution >= 0.6 is 12.6 Å². The molecule has 0 aromatic heterocycles. The summed E-state index contributed by atoms with van der Waals surface area (Å²) in [6.07, 6.45) is -4.71. The average Bonchev–Trinajstić information content (AvgIpc) is 1.82. The first-order valence-electron chi connectivity index (χ1n) is 2.95. The lowest BCUT2D eigenvalue weighted by molar-refractivity contribution is -0.142. The molecule has 1 radical (unpaired) electrons. The summed E-state index contributed by atoms with van der Waals surface area (Å²) in [6, 6.07) is 2.92. The van der Waals surface area contributed by atoms with Crippen molar-refractivity contribution >= 4 is 12.6 Å². The molecule has 1 aromatic rings. The van der Waals surface area contributed by atoms with Crippen LogP contribution in [-0.2, 0) is 6.18 Å². The summed E-state index contributed by atoms with van der Waals surface area (Å²) in [5.41, 5.74) is -1.36. The van der Waals surface area contributed by atoms with Crippen molar-refractivity contribution in [3.63, 3.8) is 0 Å². The molecule has 0 nitrogen and oxygen atoms in total. The van der Waals surface area contributed by atoms with Gasteiger partial charge in [0.15, 0.2) is 0 Å². The predicted molar refractivity (Wildman–Crippen MR) is 37.3 cm³/mol. The summed E-state index contributed by atoms with van der Waals surface area (Å²) < 4.78 is 48.6. The summed E-state index contributed by atoms with van der Waals surface area (Å²) in [5.74, 6) is -1.32. The number of halogens is 4. The molecule has 0 atom stereocenters. The number of hydrogen-bond acceptors (Lipinski definition) is 0. The molecule has 0 aliphatic heterocycles. The van der Waals surface area contributed by atoms with Crippen molar-refractivity contribution in [2.45, 2.75) is 11.1 Å². The third kappa shape index (κ3) is 1.66. The Balaban J connectivity index is 3.31. The quantitative estimate of drug-likeness (QED) is 0.556. The molecule has 5 heteroatoms. The van der Waals surface area contributed by atoms with E-state index in [1.165, 1.54) is 0 Å². The highest BCUT2D eigenvalue weighted by Crippen LogP contribution is 2.35. The van der Waals surface area contributed by atoms with Crippen molar-refractivity contribution in [2.24, 2.45) is 0 Å². The molecule has 0 heterocycles. The predicted octanol–water partition coefficient (Wildman–Crippen LogP) is 3.40. The Morgan fingerprint density at radius 3 is 2.08 bits per heavy atom. The van der Waals surface area contributed by atoms with Gasteiger partial charge in [0.25, 0.3) is 0 Å². The molecular formula is C7H3F4S. The zero-order chi connectivity index (χ0) is 9.35. The van der Waals surface area contributed by atoms with Crippen LogP contribution in [0.1, 0.15) is 5.56 Å². The first kappa shape index (κ1) is 9.25. The van der Waals surface area contributed by atoms with Crippen molar-refractivity contribution in [3.05, 3.63) is 29.6 Å². The molecule has 0 aliphatic carbocycles. The Morgan fingerprint density at radius 2 is 1.75 bits per heavy atom. The zero-order valence-electron chi connectivity index (χ0n) is 5.65. The van der Waals surface area contributed by atoms with Crippen LogP contribution < -0.4 is 0 Å². The summed E-state index contributed by atoms with van der Waals surface area (Å²) in [6.45, 7) is 0. The van der Waals surface area contributed by atoms with Crippen molar-refractivity contribution in [1.29, 1.82) is 0 Å². The maximum absolute atomic E-state index is 12.6. The lowest BCUT2D eigenvalue weighted by atomic mass is 10.2. The van der Waals surface area contributed by atoms with Gasteiger partial charge in [-0.15, -0.1) is 0 Å². The largest absolute Gasteiger partial charge is 0.420 e. The molecule has 65 valence electrons. The number of benzene rings is 1. The van der Waals surface area contributed by atoms with Crippen molar-refractivity contribution in [2.75, 3.05) is 0 Å². The van der Waals surface area contributed by atoms with Gasteiger partial charge in [-0.3, -0.25) is 0 Å². The molecule has 1 aromatic carbocycles. The van der Waals surface area contributed by atoms with Gasteiger partial charge in [0.05, 0.1) is 4.90 Å². The summed E-state index contributed by atoms with van der Waals surface area (Å²) in [5, 5.41) is 0. The highest BCUT2D eigenvalue weighted by atomic mass is 32.1. The topological polar surface area (TPSA) is 0 Å². The van der Waals surface area contributed by atoms with Crippen molar-refractivity contribution in [1.82, 2.24) is 0 Å². The lowest BCUT2D eigenvalue weighted by Gasteiger charge is -2.08. The fraction of sp³-hybridized carbons (Fsp3) is 0.143. The fourth-order valence-electron chi connectivity index (χ4n) is 0.779. The van der Waals surface area contributed by atoms with E-state index in [4.69, 9.17) is 0 Å². The molecule has 1 rings (SSSR count). The van der Waals surface area contributed by atoms with Gasteiger partial charge in [0.2, 0.25) is 0 Å². The van der Waals surface area contributed by atoms with Gasteiger partial charge in [-0.2, -0.15) is 13.2 Å². The number of hydrogen-bond donors (Lipinski definition) is 0. The van der Waals surface area contributed by atoms with Crippen LogP contribution in [0, 0.1) is 5.82 Å². The standard InChI is InChI=1S/C7H3F4S/c8-4-2-1-3-5(12)6(4)7(9,10)11/h1-3H. The van der Waals surface area contributed by atoms with E-state index in [0.717, 1.165) is 18.2 Å². The molecule has 12 heavy (non-hydrogen) atoms. The van der Waals surface area contributed by atoms with E-state index in [1.807, 2.05) is 0 Å². The van der Waals surface area contributed by atoms with Crippen LogP contribution in [0.4, 0.5) is 17.6 Å². The summed E-state index contributed by atoms with van der Waals surface area (Å²) in [7, 11) is 0. The molecule has 0 amide bonds. The number of rotatable bonds is 0. The first-order valence-corrected chi connectivity index (χ1v) is 3.36. The molecule has 0 aliphatic rings. The monoisotopic (exact) mass is 195 g/mol. The van der Waals surface area contributed by atoms with Gasteiger partial charge in [0, 0.05) is 0 Å². The molecule has 0 bridgehead atoms. The van der Waals surface area contributed by atoms with Crippen LogP contribution in [0.5, 0.6) is 0 Å². The third-order valence-electron chi connectivity index (χ3n) is 1.26. The Kier molecular flexibility index (Phi) is 2.23. The van der Waals surface area contributed by atoms with Gasteiger partial charge in [-0.1, -0.05) is 18.7 Å². The molecular weight excluding hydrogens is 192 g/mol.